The number of rotatable bonds is 7. The van der Waals surface area contributed by atoms with Crippen molar-refractivity contribution in [3.05, 3.63) is 5.82 Å². The van der Waals surface area contributed by atoms with Crippen molar-refractivity contribution in [1.29, 1.82) is 0 Å². The van der Waals surface area contributed by atoms with Crippen LogP contribution in [0, 0.1) is 0 Å². The van der Waals surface area contributed by atoms with Crippen molar-refractivity contribution in [3.63, 3.8) is 0 Å². The molecule has 1 aromatic rings. The topological polar surface area (TPSA) is 83.2 Å². The van der Waals surface area contributed by atoms with Gasteiger partial charge < -0.3 is 16.0 Å². The lowest BCUT2D eigenvalue weighted by atomic mass is 10.2. The Morgan fingerprint density at radius 3 is 2.71 bits per heavy atom. The van der Waals surface area contributed by atoms with E-state index in [2.05, 4.69) is 32.1 Å². The number of hydrogen-bond acceptors (Lipinski definition) is 7. The zero-order valence-corrected chi connectivity index (χ0v) is 13.3. The molecular weight excluding hydrogens is 266 g/mol. The molecule has 7 nitrogen and oxygen atoms in total. The van der Waals surface area contributed by atoms with Crippen LogP contribution in [-0.4, -0.2) is 59.6 Å². The SMILES string of the molecule is CCCN(Cc1nc(N)nc(N(C)C)n1)CC1CCCN1. The number of hydrogen-bond donors (Lipinski definition) is 2. The van der Waals surface area contributed by atoms with Crippen molar-refractivity contribution >= 4 is 11.9 Å². The summed E-state index contributed by atoms with van der Waals surface area (Å²) in [4.78, 5) is 17.2. The van der Waals surface area contributed by atoms with Crippen LogP contribution in [0.4, 0.5) is 11.9 Å². The van der Waals surface area contributed by atoms with Crippen molar-refractivity contribution in [3.8, 4) is 0 Å². The summed E-state index contributed by atoms with van der Waals surface area (Å²) in [5, 5.41) is 3.54. The van der Waals surface area contributed by atoms with Crippen LogP contribution in [0.15, 0.2) is 0 Å². The molecule has 0 spiro atoms. The zero-order valence-electron chi connectivity index (χ0n) is 13.3. The van der Waals surface area contributed by atoms with Crippen molar-refractivity contribution < 1.29 is 0 Å². The number of nitrogen functional groups attached to an aromatic ring is 1. The highest BCUT2D eigenvalue weighted by Gasteiger charge is 2.19. The number of aromatic nitrogens is 3. The summed E-state index contributed by atoms with van der Waals surface area (Å²) in [7, 11) is 3.82. The summed E-state index contributed by atoms with van der Waals surface area (Å²) >= 11 is 0. The average molecular weight is 293 g/mol. The van der Waals surface area contributed by atoms with E-state index in [4.69, 9.17) is 5.73 Å². The van der Waals surface area contributed by atoms with Gasteiger partial charge in [0.2, 0.25) is 11.9 Å². The van der Waals surface area contributed by atoms with Gasteiger partial charge in [-0.1, -0.05) is 6.92 Å². The van der Waals surface area contributed by atoms with Crippen LogP contribution in [0.25, 0.3) is 0 Å². The Labute approximate surface area is 127 Å². The minimum Gasteiger partial charge on any atom is -0.368 e. The summed E-state index contributed by atoms with van der Waals surface area (Å²) in [5.74, 6) is 1.66. The fourth-order valence-electron chi connectivity index (χ4n) is 2.67. The molecule has 1 saturated heterocycles. The summed E-state index contributed by atoms with van der Waals surface area (Å²) in [6.45, 7) is 6.13. The van der Waals surface area contributed by atoms with Gasteiger partial charge in [-0.3, -0.25) is 4.90 Å². The van der Waals surface area contributed by atoms with Gasteiger partial charge in [-0.2, -0.15) is 15.0 Å². The molecular formula is C14H27N7. The van der Waals surface area contributed by atoms with Gasteiger partial charge in [-0.15, -0.1) is 0 Å². The summed E-state index contributed by atoms with van der Waals surface area (Å²) in [6.07, 6.45) is 3.64. The summed E-state index contributed by atoms with van der Waals surface area (Å²) in [5.41, 5.74) is 5.79. The van der Waals surface area contributed by atoms with Gasteiger partial charge in [-0.25, -0.2) is 0 Å². The van der Waals surface area contributed by atoms with Gasteiger partial charge >= 0.3 is 0 Å². The highest BCUT2D eigenvalue weighted by Crippen LogP contribution is 2.11. The second-order valence-electron chi connectivity index (χ2n) is 5.83. The average Bonchev–Trinajstić information content (AvgIpc) is 2.91. The molecule has 1 atom stereocenters. The zero-order chi connectivity index (χ0) is 15.2. The minimum atomic E-state index is 0.291. The van der Waals surface area contributed by atoms with E-state index >= 15 is 0 Å². The Kier molecular flexibility index (Phi) is 5.69. The Bertz CT molecular complexity index is 443. The van der Waals surface area contributed by atoms with Gasteiger partial charge in [-0.05, 0) is 32.4 Å². The van der Waals surface area contributed by atoms with Crippen molar-refractivity contribution in [2.75, 3.05) is 44.4 Å². The van der Waals surface area contributed by atoms with E-state index in [-0.39, 0.29) is 0 Å². The van der Waals surface area contributed by atoms with Crippen LogP contribution in [0.1, 0.15) is 32.0 Å². The fraction of sp³-hybridized carbons (Fsp3) is 0.786. The highest BCUT2D eigenvalue weighted by atomic mass is 15.3. The molecule has 1 unspecified atom stereocenters. The third-order valence-corrected chi connectivity index (χ3v) is 3.63. The van der Waals surface area contributed by atoms with E-state index in [0.717, 1.165) is 38.4 Å². The van der Waals surface area contributed by atoms with E-state index in [1.807, 2.05) is 19.0 Å². The van der Waals surface area contributed by atoms with Crippen molar-refractivity contribution in [2.24, 2.45) is 0 Å². The van der Waals surface area contributed by atoms with E-state index in [1.165, 1.54) is 12.8 Å². The lowest BCUT2D eigenvalue weighted by Gasteiger charge is -2.24. The Balaban J connectivity index is 2.04. The number of nitrogens with zero attached hydrogens (tertiary/aromatic N) is 5. The maximum atomic E-state index is 5.79. The molecule has 118 valence electrons. The molecule has 0 aromatic carbocycles. The van der Waals surface area contributed by atoms with Gasteiger partial charge in [0.05, 0.1) is 6.54 Å². The molecule has 0 radical (unpaired) electrons. The molecule has 7 heteroatoms. The second kappa shape index (κ2) is 7.51. The van der Waals surface area contributed by atoms with Crippen LogP contribution in [-0.2, 0) is 6.54 Å². The van der Waals surface area contributed by atoms with Gasteiger partial charge in [0.15, 0.2) is 0 Å². The van der Waals surface area contributed by atoms with E-state index in [0.29, 0.717) is 17.9 Å². The molecule has 0 saturated carbocycles. The number of nitrogens with two attached hydrogens (primary N) is 1. The molecule has 2 rings (SSSR count). The molecule has 1 aliphatic rings. The van der Waals surface area contributed by atoms with E-state index < -0.39 is 0 Å². The Morgan fingerprint density at radius 1 is 1.29 bits per heavy atom. The molecule has 1 fully saturated rings. The van der Waals surface area contributed by atoms with Gasteiger partial charge in [0, 0.05) is 26.7 Å². The van der Waals surface area contributed by atoms with Gasteiger partial charge in [0.25, 0.3) is 0 Å². The summed E-state index contributed by atoms with van der Waals surface area (Å²) in [6, 6.07) is 0.587. The largest absolute Gasteiger partial charge is 0.368 e. The first-order valence-corrected chi connectivity index (χ1v) is 7.72. The fourth-order valence-corrected chi connectivity index (χ4v) is 2.67. The maximum Gasteiger partial charge on any atom is 0.229 e. The molecule has 0 amide bonds. The molecule has 21 heavy (non-hydrogen) atoms. The number of anilines is 2. The number of nitrogens with one attached hydrogen (secondary N) is 1. The minimum absolute atomic E-state index is 0.291. The Morgan fingerprint density at radius 2 is 2.10 bits per heavy atom. The standard InChI is InChI=1S/C14H27N7/c1-4-8-21(9-11-6-5-7-16-11)10-12-17-13(15)19-14(18-12)20(2)3/h11,16H,4-10H2,1-3H3,(H2,15,17,18,19). The third kappa shape index (κ3) is 4.78. The first kappa shape index (κ1) is 15.9. The van der Waals surface area contributed by atoms with Crippen LogP contribution in [0.3, 0.4) is 0 Å². The molecule has 1 aliphatic heterocycles. The van der Waals surface area contributed by atoms with Crippen molar-refractivity contribution in [2.45, 2.75) is 38.8 Å². The smallest absolute Gasteiger partial charge is 0.229 e. The van der Waals surface area contributed by atoms with Crippen LogP contribution in [0.5, 0.6) is 0 Å². The van der Waals surface area contributed by atoms with Crippen molar-refractivity contribution in [1.82, 2.24) is 25.2 Å². The monoisotopic (exact) mass is 293 g/mol. The highest BCUT2D eigenvalue weighted by molar-refractivity contribution is 5.32. The molecule has 0 bridgehead atoms. The summed E-state index contributed by atoms with van der Waals surface area (Å²) < 4.78 is 0. The third-order valence-electron chi connectivity index (χ3n) is 3.63. The second-order valence-corrected chi connectivity index (χ2v) is 5.83. The molecule has 3 N–H and O–H groups in total. The Hall–Kier alpha value is -1.47. The normalized spacial score (nSPS) is 18.4. The van der Waals surface area contributed by atoms with E-state index in [1.54, 1.807) is 0 Å². The predicted octanol–water partition coefficient (Wildman–Crippen LogP) is 0.484. The maximum absolute atomic E-state index is 5.79. The lowest BCUT2D eigenvalue weighted by Crippen LogP contribution is -2.38. The van der Waals surface area contributed by atoms with Crippen LogP contribution < -0.4 is 16.0 Å². The first-order chi connectivity index (χ1) is 10.1. The molecule has 1 aromatic heterocycles. The first-order valence-electron chi connectivity index (χ1n) is 7.72. The molecule has 2 heterocycles. The van der Waals surface area contributed by atoms with Crippen LogP contribution in [0.2, 0.25) is 0 Å². The van der Waals surface area contributed by atoms with Crippen LogP contribution >= 0.6 is 0 Å². The lowest BCUT2D eigenvalue weighted by molar-refractivity contribution is 0.236. The quantitative estimate of drug-likeness (QED) is 0.756. The van der Waals surface area contributed by atoms with E-state index in [9.17, 15) is 0 Å². The predicted molar refractivity (Wildman–Crippen MR) is 85.2 cm³/mol. The molecule has 0 aliphatic carbocycles. The van der Waals surface area contributed by atoms with Gasteiger partial charge in [0.1, 0.15) is 5.82 Å².